The van der Waals surface area contributed by atoms with E-state index in [0.717, 1.165) is 12.1 Å². The molecule has 0 unspecified atom stereocenters. The lowest BCUT2D eigenvalue weighted by Crippen LogP contribution is -2.19. The van der Waals surface area contributed by atoms with Gasteiger partial charge in [-0.15, -0.1) is 5.10 Å². The molecular weight excluding hydrogens is 250 g/mol. The predicted molar refractivity (Wildman–Crippen MR) is 70.0 cm³/mol. The van der Waals surface area contributed by atoms with E-state index in [2.05, 4.69) is 15.5 Å². The van der Waals surface area contributed by atoms with Gasteiger partial charge in [-0.1, -0.05) is 18.0 Å². The molecule has 0 atom stereocenters. The lowest BCUT2D eigenvalue weighted by molar-refractivity contribution is 0.265. The fourth-order valence-corrected chi connectivity index (χ4v) is 2.33. The van der Waals surface area contributed by atoms with Gasteiger partial charge in [0.15, 0.2) is 5.82 Å². The maximum absolute atomic E-state index is 6.00. The monoisotopic (exact) mass is 263 g/mol. The normalized spacial score (nSPS) is 15.6. The molecule has 1 aromatic carbocycles. The van der Waals surface area contributed by atoms with Gasteiger partial charge in [-0.25, -0.2) is 4.68 Å². The molecule has 0 aliphatic heterocycles. The number of benzene rings is 1. The van der Waals surface area contributed by atoms with Crippen molar-refractivity contribution in [1.29, 1.82) is 0 Å². The average molecular weight is 264 g/mol. The Hall–Kier alpha value is -1.62. The van der Waals surface area contributed by atoms with Gasteiger partial charge < -0.3 is 5.73 Å². The molecule has 1 heterocycles. The second-order valence-electron chi connectivity index (χ2n) is 4.71. The van der Waals surface area contributed by atoms with Crippen LogP contribution in [0, 0.1) is 5.92 Å². The number of tetrazole rings is 1. The van der Waals surface area contributed by atoms with E-state index in [9.17, 15) is 0 Å². The van der Waals surface area contributed by atoms with Crippen LogP contribution in [0.2, 0.25) is 5.02 Å². The third-order valence-electron chi connectivity index (χ3n) is 3.44. The molecule has 1 aliphatic carbocycles. The van der Waals surface area contributed by atoms with Crippen LogP contribution in [-0.4, -0.2) is 20.2 Å². The first-order valence-corrected chi connectivity index (χ1v) is 6.43. The van der Waals surface area contributed by atoms with E-state index in [4.69, 9.17) is 17.3 Å². The Morgan fingerprint density at radius 3 is 2.94 bits per heavy atom. The fraction of sp³-hybridized carbons (Fsp3) is 0.417. The van der Waals surface area contributed by atoms with E-state index < -0.39 is 0 Å². The highest BCUT2D eigenvalue weighted by Crippen LogP contribution is 2.31. The highest BCUT2D eigenvalue weighted by molar-refractivity contribution is 6.31. The second kappa shape index (κ2) is 4.57. The highest BCUT2D eigenvalue weighted by atomic mass is 35.5. The molecule has 0 radical (unpaired) electrons. The number of anilines is 1. The summed E-state index contributed by atoms with van der Waals surface area (Å²) in [5.41, 5.74) is 7.40. The molecule has 5 nitrogen and oxygen atoms in total. The van der Waals surface area contributed by atoms with E-state index in [1.807, 2.05) is 4.68 Å². The van der Waals surface area contributed by atoms with Crippen LogP contribution in [0.3, 0.4) is 0 Å². The topological polar surface area (TPSA) is 69.6 Å². The Balaban J connectivity index is 1.95. The summed E-state index contributed by atoms with van der Waals surface area (Å²) >= 11 is 6.00. The molecule has 0 amide bonds. The van der Waals surface area contributed by atoms with Crippen LogP contribution in [0.25, 0.3) is 11.4 Å². The van der Waals surface area contributed by atoms with E-state index in [1.54, 1.807) is 18.2 Å². The smallest absolute Gasteiger partial charge is 0.184 e. The van der Waals surface area contributed by atoms with Gasteiger partial charge >= 0.3 is 0 Å². The minimum absolute atomic E-state index is 0.636. The zero-order valence-electron chi connectivity index (χ0n) is 9.88. The lowest BCUT2D eigenvalue weighted by Gasteiger charge is -2.25. The highest BCUT2D eigenvalue weighted by Gasteiger charge is 2.21. The van der Waals surface area contributed by atoms with Gasteiger partial charge in [-0.05, 0) is 47.4 Å². The second-order valence-corrected chi connectivity index (χ2v) is 5.15. The van der Waals surface area contributed by atoms with Crippen LogP contribution in [0.1, 0.15) is 19.3 Å². The molecular formula is C12H14ClN5. The Kier molecular flexibility index (Phi) is 2.91. The predicted octanol–water partition coefficient (Wildman–Crippen LogP) is 2.38. The molecule has 6 heteroatoms. The van der Waals surface area contributed by atoms with Gasteiger partial charge in [-0.2, -0.15) is 0 Å². The van der Waals surface area contributed by atoms with Gasteiger partial charge in [-0.3, -0.25) is 0 Å². The standard InChI is InChI=1S/C12H14ClN5/c13-9-4-5-11(14)10(6-9)12-15-16-17-18(12)7-8-2-1-3-8/h4-6,8H,1-3,7,14H2. The maximum atomic E-state index is 6.00. The third kappa shape index (κ3) is 2.06. The van der Waals surface area contributed by atoms with Crippen LogP contribution < -0.4 is 5.73 Å². The first kappa shape index (κ1) is 11.5. The van der Waals surface area contributed by atoms with E-state index >= 15 is 0 Å². The lowest BCUT2D eigenvalue weighted by atomic mass is 9.85. The molecule has 1 fully saturated rings. The molecule has 1 saturated carbocycles. The third-order valence-corrected chi connectivity index (χ3v) is 3.68. The van der Waals surface area contributed by atoms with Crippen LogP contribution in [0.5, 0.6) is 0 Å². The van der Waals surface area contributed by atoms with E-state index in [0.29, 0.717) is 22.5 Å². The molecule has 1 aromatic heterocycles. The summed E-state index contributed by atoms with van der Waals surface area (Å²) in [4.78, 5) is 0. The Labute approximate surface area is 110 Å². The number of halogens is 1. The molecule has 3 rings (SSSR count). The summed E-state index contributed by atoms with van der Waals surface area (Å²) in [6, 6.07) is 5.35. The Bertz CT molecular complexity index is 561. The summed E-state index contributed by atoms with van der Waals surface area (Å²) in [5.74, 6) is 1.38. The SMILES string of the molecule is Nc1ccc(Cl)cc1-c1nnnn1CC1CCC1. The number of nitrogens with two attached hydrogens (primary N) is 1. The number of aromatic nitrogens is 4. The molecule has 0 bridgehead atoms. The van der Waals surface area contributed by atoms with Crippen molar-refractivity contribution in [1.82, 2.24) is 20.2 Å². The summed E-state index contributed by atoms with van der Waals surface area (Å²) in [6.45, 7) is 0.855. The van der Waals surface area contributed by atoms with Crippen molar-refractivity contribution in [2.75, 3.05) is 5.73 Å². The summed E-state index contributed by atoms with van der Waals surface area (Å²) < 4.78 is 1.83. The van der Waals surface area contributed by atoms with Gasteiger partial charge in [0, 0.05) is 22.8 Å². The maximum Gasteiger partial charge on any atom is 0.184 e. The summed E-state index contributed by atoms with van der Waals surface area (Å²) in [6.07, 6.45) is 3.82. The van der Waals surface area contributed by atoms with Crippen LogP contribution in [0.4, 0.5) is 5.69 Å². The molecule has 18 heavy (non-hydrogen) atoms. The Morgan fingerprint density at radius 2 is 2.22 bits per heavy atom. The number of nitrogens with zero attached hydrogens (tertiary/aromatic N) is 4. The van der Waals surface area contributed by atoms with Gasteiger partial charge in [0.2, 0.25) is 0 Å². The van der Waals surface area contributed by atoms with Gasteiger partial charge in [0.05, 0.1) is 0 Å². The zero-order chi connectivity index (χ0) is 12.5. The van der Waals surface area contributed by atoms with Gasteiger partial charge in [0.1, 0.15) is 0 Å². The van der Waals surface area contributed by atoms with E-state index in [1.165, 1.54) is 19.3 Å². The van der Waals surface area contributed by atoms with Crippen molar-refractivity contribution in [2.24, 2.45) is 5.92 Å². The minimum atomic E-state index is 0.636. The molecule has 0 saturated heterocycles. The summed E-state index contributed by atoms with van der Waals surface area (Å²) in [7, 11) is 0. The van der Waals surface area contributed by atoms with E-state index in [-0.39, 0.29) is 0 Å². The van der Waals surface area contributed by atoms with Crippen molar-refractivity contribution < 1.29 is 0 Å². The first-order valence-electron chi connectivity index (χ1n) is 6.05. The number of hydrogen-bond acceptors (Lipinski definition) is 4. The van der Waals surface area contributed by atoms with Crippen molar-refractivity contribution in [3.63, 3.8) is 0 Å². The van der Waals surface area contributed by atoms with Crippen molar-refractivity contribution in [3.05, 3.63) is 23.2 Å². The zero-order valence-corrected chi connectivity index (χ0v) is 10.6. The first-order chi connectivity index (χ1) is 8.74. The quantitative estimate of drug-likeness (QED) is 0.863. The number of hydrogen-bond donors (Lipinski definition) is 1. The van der Waals surface area contributed by atoms with Crippen molar-refractivity contribution in [2.45, 2.75) is 25.8 Å². The molecule has 2 aromatic rings. The largest absolute Gasteiger partial charge is 0.398 e. The van der Waals surface area contributed by atoms with Crippen molar-refractivity contribution >= 4 is 17.3 Å². The number of nitrogen functional groups attached to an aromatic ring is 1. The fourth-order valence-electron chi connectivity index (χ4n) is 2.16. The molecule has 94 valence electrons. The summed E-state index contributed by atoms with van der Waals surface area (Å²) in [5, 5.41) is 12.5. The van der Waals surface area contributed by atoms with Crippen LogP contribution in [-0.2, 0) is 6.54 Å². The Morgan fingerprint density at radius 1 is 1.39 bits per heavy atom. The molecule has 1 aliphatic rings. The average Bonchev–Trinajstić information content (AvgIpc) is 2.75. The molecule has 0 spiro atoms. The van der Waals surface area contributed by atoms with Crippen molar-refractivity contribution in [3.8, 4) is 11.4 Å². The minimum Gasteiger partial charge on any atom is -0.398 e. The molecule has 2 N–H and O–H groups in total. The number of rotatable bonds is 3. The van der Waals surface area contributed by atoms with Crippen LogP contribution in [0.15, 0.2) is 18.2 Å². The van der Waals surface area contributed by atoms with Gasteiger partial charge in [0.25, 0.3) is 0 Å². The van der Waals surface area contributed by atoms with Crippen LogP contribution >= 0.6 is 11.6 Å².